The van der Waals surface area contributed by atoms with Crippen molar-refractivity contribution in [2.24, 2.45) is 0 Å². The van der Waals surface area contributed by atoms with Gasteiger partial charge in [0.05, 0.1) is 17.8 Å². The lowest BCUT2D eigenvalue weighted by molar-refractivity contribution is -0.179. The van der Waals surface area contributed by atoms with E-state index in [4.69, 9.17) is 10.3 Å². The summed E-state index contributed by atoms with van der Waals surface area (Å²) >= 11 is 0. The second-order valence-corrected chi connectivity index (χ2v) is 8.06. The normalized spacial score (nSPS) is 19.6. The van der Waals surface area contributed by atoms with E-state index in [1.165, 1.54) is 6.33 Å². The third-order valence-electron chi connectivity index (χ3n) is 5.74. The van der Waals surface area contributed by atoms with Crippen LogP contribution in [0.15, 0.2) is 29.0 Å². The van der Waals surface area contributed by atoms with Gasteiger partial charge >= 0.3 is 5.92 Å². The first-order chi connectivity index (χ1) is 16.4. The van der Waals surface area contributed by atoms with Crippen molar-refractivity contribution < 1.29 is 32.0 Å². The number of likely N-dealkylation sites (tertiary alicyclic amines) is 1. The van der Waals surface area contributed by atoms with E-state index in [0.29, 0.717) is 16.1 Å². The first-order valence-corrected chi connectivity index (χ1v) is 10.0. The number of alkyl halides is 2. The molecule has 0 bridgehead atoms. The molecule has 5 rings (SSSR count). The molecule has 0 radical (unpaired) electrons. The van der Waals surface area contributed by atoms with Crippen molar-refractivity contribution in [2.45, 2.75) is 18.4 Å². The van der Waals surface area contributed by atoms with Gasteiger partial charge in [-0.25, -0.2) is 37.5 Å². The summed E-state index contributed by atoms with van der Waals surface area (Å²) in [5.41, 5.74) is 2.55. The maximum atomic E-state index is 14.8. The topological polar surface area (TPSA) is 144 Å². The molecule has 4 aromatic rings. The maximum absolute atomic E-state index is 14.8. The van der Waals surface area contributed by atoms with E-state index >= 15 is 0 Å². The minimum atomic E-state index is -3.88. The fraction of sp³-hybridized carbons (Fsp3) is 0.238. The van der Waals surface area contributed by atoms with Gasteiger partial charge in [0.25, 0.3) is 11.5 Å². The fourth-order valence-electron chi connectivity index (χ4n) is 3.91. The molecule has 14 heteroatoms. The number of rotatable bonds is 3. The Morgan fingerprint density at radius 1 is 1.14 bits per heavy atom. The molecule has 1 fully saturated rings. The molecule has 0 unspecified atom stereocenters. The van der Waals surface area contributed by atoms with Crippen molar-refractivity contribution >= 4 is 22.8 Å². The molecule has 4 heterocycles. The summed E-state index contributed by atoms with van der Waals surface area (Å²) in [6.07, 6.45) is 1.21. The minimum Gasteiger partial charge on any atom is -0.382 e. The van der Waals surface area contributed by atoms with Crippen LogP contribution in [0, 0.1) is 18.6 Å². The molecule has 1 amide bonds. The number of aliphatic hydroxyl groups is 1. The smallest absolute Gasteiger partial charge is 0.309 e. The van der Waals surface area contributed by atoms with Gasteiger partial charge in [-0.3, -0.25) is 4.79 Å². The summed E-state index contributed by atoms with van der Waals surface area (Å²) in [6, 6.07) is 2.72. The van der Waals surface area contributed by atoms with Crippen molar-refractivity contribution in [2.75, 3.05) is 19.3 Å². The molecular weight excluding hydrogens is 474 g/mol. The highest BCUT2D eigenvalue weighted by molar-refractivity contribution is 5.90. The van der Waals surface area contributed by atoms with Crippen LogP contribution in [0.25, 0.3) is 33.7 Å². The molecule has 1 aliphatic rings. The quantitative estimate of drug-likeness (QED) is 0.414. The molecule has 0 saturated carbocycles. The van der Waals surface area contributed by atoms with Gasteiger partial charge in [0.2, 0.25) is 0 Å². The average molecular weight is 489 g/mol. The Hall–Kier alpha value is -4.20. The number of carbonyl (C=O) groups excluding carboxylic acids is 1. The number of benzene rings is 1. The molecule has 35 heavy (non-hydrogen) atoms. The van der Waals surface area contributed by atoms with Crippen LogP contribution in [0.1, 0.15) is 11.5 Å². The number of hydrogen-bond acceptors (Lipinski definition) is 9. The van der Waals surface area contributed by atoms with Crippen molar-refractivity contribution in [1.82, 2.24) is 30.0 Å². The number of aryl methyl sites for hydroxylation is 1. The van der Waals surface area contributed by atoms with Gasteiger partial charge in [-0.1, -0.05) is 5.16 Å². The predicted octanol–water partition coefficient (Wildman–Crippen LogP) is 2.21. The highest BCUT2D eigenvalue weighted by Crippen LogP contribution is 2.45. The third-order valence-corrected chi connectivity index (χ3v) is 5.74. The second-order valence-electron chi connectivity index (χ2n) is 8.06. The number of nitrogens with two attached hydrogens (primary N) is 1. The van der Waals surface area contributed by atoms with E-state index in [1.807, 2.05) is 0 Å². The van der Waals surface area contributed by atoms with Gasteiger partial charge in [-0.05, 0) is 19.1 Å². The number of fused-ring (bicyclic) bond motifs is 1. The number of anilines is 1. The van der Waals surface area contributed by atoms with E-state index < -0.39 is 46.9 Å². The molecule has 1 saturated heterocycles. The number of hydrogen-bond donors (Lipinski definition) is 2. The van der Waals surface area contributed by atoms with Crippen LogP contribution in [0.4, 0.5) is 23.4 Å². The van der Waals surface area contributed by atoms with Gasteiger partial charge in [0.15, 0.2) is 29.0 Å². The van der Waals surface area contributed by atoms with Crippen LogP contribution in [0.5, 0.6) is 0 Å². The second kappa shape index (κ2) is 7.40. The maximum Gasteiger partial charge on any atom is 0.309 e. The number of nitrogen functional groups attached to an aromatic ring is 1. The lowest BCUT2D eigenvalue weighted by Gasteiger charge is -2.22. The summed E-state index contributed by atoms with van der Waals surface area (Å²) in [5.74, 6) is -8.87. The van der Waals surface area contributed by atoms with Crippen LogP contribution < -0.4 is 5.73 Å². The summed E-state index contributed by atoms with van der Waals surface area (Å²) in [7, 11) is 1.09. The number of likely N-dealkylation sites (N-methyl/N-ethyl adjacent to an activating group) is 1. The summed E-state index contributed by atoms with van der Waals surface area (Å²) < 4.78 is 63.1. The van der Waals surface area contributed by atoms with Crippen LogP contribution in [0.2, 0.25) is 0 Å². The molecule has 3 aromatic heterocycles. The third kappa shape index (κ3) is 3.20. The number of carbonyl (C=O) groups is 1. The Balaban J connectivity index is 1.63. The highest BCUT2D eigenvalue weighted by Gasteiger charge is 2.68. The zero-order valence-electron chi connectivity index (χ0n) is 18.1. The van der Waals surface area contributed by atoms with Crippen LogP contribution in [0.3, 0.4) is 0 Å². The minimum absolute atomic E-state index is 0.000276. The number of amides is 1. The number of halogens is 4. The standard InChI is InChI=1S/C21H15F4N7O3/c1-8-15-16(17(26)28-7-27-15)30-18(29-8)10-3-9(4-11(22)14(10)23)12-5-13(35-31-12)21(34)19(33)32(2)6-20(21,24)25/h3-5,7,34H,6H2,1-2H3,(H2,26,27,28)/t21-/m1/s1. The first kappa shape index (κ1) is 22.6. The van der Waals surface area contributed by atoms with Crippen molar-refractivity contribution in [3.63, 3.8) is 0 Å². The summed E-state index contributed by atoms with van der Waals surface area (Å²) in [5, 5.41) is 14.1. The molecule has 10 nitrogen and oxygen atoms in total. The van der Waals surface area contributed by atoms with Gasteiger partial charge < -0.3 is 20.3 Å². The zero-order chi connectivity index (χ0) is 25.3. The largest absolute Gasteiger partial charge is 0.382 e. The molecule has 0 aliphatic carbocycles. The van der Waals surface area contributed by atoms with E-state index in [0.717, 1.165) is 25.2 Å². The van der Waals surface area contributed by atoms with Gasteiger partial charge in [0.1, 0.15) is 23.1 Å². The van der Waals surface area contributed by atoms with Crippen molar-refractivity contribution in [3.8, 4) is 22.6 Å². The van der Waals surface area contributed by atoms with Crippen LogP contribution in [-0.4, -0.2) is 60.5 Å². The van der Waals surface area contributed by atoms with Gasteiger partial charge in [0, 0.05) is 18.7 Å². The lowest BCUT2D eigenvalue weighted by atomic mass is 9.94. The summed E-state index contributed by atoms with van der Waals surface area (Å²) in [6.45, 7) is 0.525. The highest BCUT2D eigenvalue weighted by atomic mass is 19.3. The number of aromatic nitrogens is 5. The van der Waals surface area contributed by atoms with Crippen molar-refractivity contribution in [1.29, 1.82) is 0 Å². The lowest BCUT2D eigenvalue weighted by Crippen LogP contribution is -2.46. The first-order valence-electron chi connectivity index (χ1n) is 10.0. The SMILES string of the molecule is Cc1nc(-c2cc(-c3cc([C@@]4(O)C(=O)N(C)CC4(F)F)on3)cc(F)c2F)nc2c(N)ncnc12. The van der Waals surface area contributed by atoms with E-state index in [2.05, 4.69) is 25.1 Å². The Kier molecular flexibility index (Phi) is 4.77. The fourth-order valence-corrected chi connectivity index (χ4v) is 3.91. The molecule has 0 spiro atoms. The Bertz CT molecular complexity index is 1530. The van der Waals surface area contributed by atoms with Crippen LogP contribution in [-0.2, 0) is 10.4 Å². The van der Waals surface area contributed by atoms with Crippen molar-refractivity contribution in [3.05, 3.63) is 47.6 Å². The predicted molar refractivity (Wildman–Crippen MR) is 112 cm³/mol. The van der Waals surface area contributed by atoms with E-state index in [-0.39, 0.29) is 28.4 Å². The average Bonchev–Trinajstić information content (AvgIpc) is 3.35. The van der Waals surface area contributed by atoms with Gasteiger partial charge in [-0.15, -0.1) is 0 Å². The molecule has 3 N–H and O–H groups in total. The molecule has 1 atom stereocenters. The van der Waals surface area contributed by atoms with E-state index in [9.17, 15) is 27.5 Å². The van der Waals surface area contributed by atoms with Crippen LogP contribution >= 0.6 is 0 Å². The molecule has 1 aromatic carbocycles. The molecule has 180 valence electrons. The number of nitrogens with zero attached hydrogens (tertiary/aromatic N) is 6. The monoisotopic (exact) mass is 489 g/mol. The van der Waals surface area contributed by atoms with E-state index in [1.54, 1.807) is 6.92 Å². The Morgan fingerprint density at radius 2 is 1.89 bits per heavy atom. The Labute approximate surface area is 193 Å². The molecule has 1 aliphatic heterocycles. The molecular formula is C21H15F4N7O3. The Morgan fingerprint density at radius 3 is 2.57 bits per heavy atom. The van der Waals surface area contributed by atoms with Gasteiger partial charge in [-0.2, -0.15) is 0 Å². The zero-order valence-corrected chi connectivity index (χ0v) is 18.1. The summed E-state index contributed by atoms with van der Waals surface area (Å²) in [4.78, 5) is 29.1.